The SMILES string of the molecule is CN[C@H]1[C@H](O)[C@@H](OC2OC(C(C)N)=CCC2N)[C@H](N)[C@@H](O)[C@@H]1OC. The predicted octanol–water partition coefficient (Wildman–Crippen LogP) is -2.66. The molecule has 9 N–H and O–H groups in total. The smallest absolute Gasteiger partial charge is 0.215 e. The van der Waals surface area contributed by atoms with E-state index in [2.05, 4.69) is 5.32 Å². The molecule has 0 aromatic carbocycles. The van der Waals surface area contributed by atoms with Crippen LogP contribution in [0.2, 0.25) is 0 Å². The average molecular weight is 346 g/mol. The van der Waals surface area contributed by atoms with Crippen molar-refractivity contribution in [2.45, 2.75) is 68.2 Å². The molecule has 9 nitrogen and oxygen atoms in total. The first kappa shape index (κ1) is 19.5. The van der Waals surface area contributed by atoms with E-state index in [1.165, 1.54) is 7.11 Å². The average Bonchev–Trinajstić information content (AvgIpc) is 2.55. The molecule has 9 heteroatoms. The van der Waals surface area contributed by atoms with Gasteiger partial charge in [0.05, 0.1) is 36.4 Å². The maximum absolute atomic E-state index is 10.6. The number of hydrogen-bond acceptors (Lipinski definition) is 9. The van der Waals surface area contributed by atoms with Gasteiger partial charge in [-0.05, 0) is 26.5 Å². The number of nitrogens with one attached hydrogen (secondary N) is 1. The zero-order valence-corrected chi connectivity index (χ0v) is 14.3. The van der Waals surface area contributed by atoms with Gasteiger partial charge in [0.1, 0.15) is 18.0 Å². The topological polar surface area (TPSA) is 158 Å². The lowest BCUT2D eigenvalue weighted by molar-refractivity contribution is -0.231. The lowest BCUT2D eigenvalue weighted by Gasteiger charge is -2.47. The van der Waals surface area contributed by atoms with Crippen LogP contribution in [0.3, 0.4) is 0 Å². The summed E-state index contributed by atoms with van der Waals surface area (Å²) in [6.45, 7) is 1.80. The minimum absolute atomic E-state index is 0.290. The highest BCUT2D eigenvalue weighted by molar-refractivity contribution is 5.08. The highest BCUT2D eigenvalue weighted by Crippen LogP contribution is 2.28. The van der Waals surface area contributed by atoms with Crippen LogP contribution in [0.25, 0.3) is 0 Å². The van der Waals surface area contributed by atoms with Crippen LogP contribution in [0, 0.1) is 0 Å². The number of aliphatic hydroxyl groups is 2. The monoisotopic (exact) mass is 346 g/mol. The third-order valence-electron chi connectivity index (χ3n) is 4.71. The van der Waals surface area contributed by atoms with E-state index in [0.29, 0.717) is 12.2 Å². The summed E-state index contributed by atoms with van der Waals surface area (Å²) in [5, 5.41) is 23.9. The Morgan fingerprint density at radius 3 is 2.50 bits per heavy atom. The molecular formula is C15H30N4O5. The molecule has 24 heavy (non-hydrogen) atoms. The third-order valence-corrected chi connectivity index (χ3v) is 4.71. The molecule has 0 bridgehead atoms. The Bertz CT molecular complexity index is 450. The molecule has 1 aliphatic carbocycles. The fraction of sp³-hybridized carbons (Fsp3) is 0.867. The van der Waals surface area contributed by atoms with E-state index in [9.17, 15) is 10.2 Å². The molecule has 2 aliphatic rings. The van der Waals surface area contributed by atoms with Crippen molar-refractivity contribution in [2.24, 2.45) is 17.2 Å². The summed E-state index contributed by atoms with van der Waals surface area (Å²) < 4.78 is 16.8. The first-order chi connectivity index (χ1) is 11.3. The van der Waals surface area contributed by atoms with Gasteiger partial charge in [0, 0.05) is 7.11 Å². The summed E-state index contributed by atoms with van der Waals surface area (Å²) in [6, 6.07) is -2.10. The molecule has 0 saturated heterocycles. The first-order valence-electron chi connectivity index (χ1n) is 8.16. The number of ether oxygens (including phenoxy) is 3. The molecule has 1 fully saturated rings. The molecule has 1 heterocycles. The molecule has 0 radical (unpaired) electrons. The van der Waals surface area contributed by atoms with Crippen LogP contribution in [0.4, 0.5) is 0 Å². The van der Waals surface area contributed by atoms with Crippen LogP contribution in [0.15, 0.2) is 11.8 Å². The second kappa shape index (κ2) is 8.07. The molecule has 3 unspecified atom stereocenters. The summed E-state index contributed by atoms with van der Waals surface area (Å²) in [5.41, 5.74) is 18.0. The van der Waals surface area contributed by atoms with E-state index in [1.54, 1.807) is 14.0 Å². The summed E-state index contributed by atoms with van der Waals surface area (Å²) in [6.07, 6.45) is -1.96. The summed E-state index contributed by atoms with van der Waals surface area (Å²) >= 11 is 0. The highest BCUT2D eigenvalue weighted by atomic mass is 16.7. The molecule has 0 amide bonds. The lowest BCUT2D eigenvalue weighted by Crippen LogP contribution is -2.71. The van der Waals surface area contributed by atoms with E-state index >= 15 is 0 Å². The molecule has 140 valence electrons. The van der Waals surface area contributed by atoms with Crippen molar-refractivity contribution >= 4 is 0 Å². The van der Waals surface area contributed by atoms with Crippen LogP contribution in [0.1, 0.15) is 13.3 Å². The third kappa shape index (κ3) is 3.73. The zero-order valence-electron chi connectivity index (χ0n) is 14.3. The fourth-order valence-corrected chi connectivity index (χ4v) is 3.25. The van der Waals surface area contributed by atoms with Crippen molar-refractivity contribution in [1.29, 1.82) is 0 Å². The number of hydrogen-bond donors (Lipinski definition) is 6. The highest BCUT2D eigenvalue weighted by Gasteiger charge is 2.50. The quantitative estimate of drug-likeness (QED) is 0.312. The number of aliphatic hydroxyl groups excluding tert-OH is 2. The minimum atomic E-state index is -1.01. The van der Waals surface area contributed by atoms with Crippen molar-refractivity contribution in [3.63, 3.8) is 0 Å². The zero-order chi connectivity index (χ0) is 18.0. The molecule has 0 aromatic heterocycles. The molecule has 0 aromatic rings. The second-order valence-electron chi connectivity index (χ2n) is 6.45. The van der Waals surface area contributed by atoms with E-state index in [4.69, 9.17) is 31.4 Å². The number of likely N-dealkylation sites (N-methyl/N-ethyl adjacent to an activating group) is 1. The molecule has 2 rings (SSSR count). The summed E-state index contributed by atoms with van der Waals surface area (Å²) in [7, 11) is 3.12. The van der Waals surface area contributed by atoms with Crippen molar-refractivity contribution in [3.8, 4) is 0 Å². The predicted molar refractivity (Wildman–Crippen MR) is 87.7 cm³/mol. The largest absolute Gasteiger partial charge is 0.466 e. The first-order valence-corrected chi connectivity index (χ1v) is 8.16. The number of nitrogens with two attached hydrogens (primary N) is 3. The fourth-order valence-electron chi connectivity index (χ4n) is 3.25. The standard InChI is InChI=1S/C15H30N4O5/c1-6(16)8-5-4-7(17)15(23-8)24-13-9(18)11(20)14(22-3)10(19-2)12(13)21/h5-7,9-15,19-21H,4,16-18H2,1-3H3/t6?,7?,9-,10+,11-,12+,13+,14-,15?/m1/s1. The molecule has 1 aliphatic heterocycles. The Labute approximate surface area is 142 Å². The summed E-state index contributed by atoms with van der Waals surface area (Å²) in [4.78, 5) is 0. The van der Waals surface area contributed by atoms with Gasteiger partial charge < -0.3 is 46.9 Å². The van der Waals surface area contributed by atoms with Crippen LogP contribution in [0.5, 0.6) is 0 Å². The Morgan fingerprint density at radius 2 is 1.96 bits per heavy atom. The Hall–Kier alpha value is -0.780. The molecule has 9 atom stereocenters. The van der Waals surface area contributed by atoms with Crippen LogP contribution < -0.4 is 22.5 Å². The maximum atomic E-state index is 10.6. The molecular weight excluding hydrogens is 316 g/mol. The van der Waals surface area contributed by atoms with E-state index < -0.39 is 48.8 Å². The van der Waals surface area contributed by atoms with Gasteiger partial charge in [-0.3, -0.25) is 0 Å². The lowest BCUT2D eigenvalue weighted by atomic mass is 9.81. The molecule has 1 saturated carbocycles. The minimum Gasteiger partial charge on any atom is -0.466 e. The van der Waals surface area contributed by atoms with E-state index in [1.807, 2.05) is 6.08 Å². The van der Waals surface area contributed by atoms with E-state index in [-0.39, 0.29) is 6.04 Å². The van der Waals surface area contributed by atoms with Gasteiger partial charge in [-0.1, -0.05) is 0 Å². The summed E-state index contributed by atoms with van der Waals surface area (Å²) in [5.74, 6) is 0.584. The van der Waals surface area contributed by atoms with Gasteiger partial charge in [-0.25, -0.2) is 0 Å². The van der Waals surface area contributed by atoms with Gasteiger partial charge in [-0.15, -0.1) is 0 Å². The Kier molecular flexibility index (Phi) is 6.57. The van der Waals surface area contributed by atoms with Crippen LogP contribution in [-0.2, 0) is 14.2 Å². The number of methoxy groups -OCH3 is 1. The van der Waals surface area contributed by atoms with Gasteiger partial charge >= 0.3 is 0 Å². The second-order valence-corrected chi connectivity index (χ2v) is 6.45. The van der Waals surface area contributed by atoms with Gasteiger partial charge in [-0.2, -0.15) is 0 Å². The van der Waals surface area contributed by atoms with Crippen LogP contribution >= 0.6 is 0 Å². The van der Waals surface area contributed by atoms with Crippen molar-refractivity contribution in [1.82, 2.24) is 5.32 Å². The van der Waals surface area contributed by atoms with Gasteiger partial charge in [0.2, 0.25) is 6.29 Å². The normalized spacial score (nSPS) is 44.6. The van der Waals surface area contributed by atoms with Crippen LogP contribution in [-0.4, -0.2) is 79.2 Å². The van der Waals surface area contributed by atoms with Gasteiger partial charge in [0.25, 0.3) is 0 Å². The maximum Gasteiger partial charge on any atom is 0.215 e. The Balaban J connectivity index is 2.14. The van der Waals surface area contributed by atoms with Gasteiger partial charge in [0.15, 0.2) is 0 Å². The van der Waals surface area contributed by atoms with E-state index in [0.717, 1.165) is 0 Å². The molecule has 0 spiro atoms. The number of rotatable bonds is 5. The van der Waals surface area contributed by atoms with Crippen molar-refractivity contribution in [2.75, 3.05) is 14.2 Å². The van der Waals surface area contributed by atoms with Crippen molar-refractivity contribution in [3.05, 3.63) is 11.8 Å². The Morgan fingerprint density at radius 1 is 1.29 bits per heavy atom. The van der Waals surface area contributed by atoms with Crippen molar-refractivity contribution < 1.29 is 24.4 Å².